The van der Waals surface area contributed by atoms with Crippen molar-refractivity contribution in [3.05, 3.63) is 106 Å². The number of ether oxygens (including phenoxy) is 1. The molecule has 2 aromatic carbocycles. The van der Waals surface area contributed by atoms with Crippen molar-refractivity contribution in [3.8, 4) is 11.1 Å². The third-order valence-corrected chi connectivity index (χ3v) is 4.88. The highest BCUT2D eigenvalue weighted by Gasteiger charge is 2.30. The number of halogens is 3. The topological polar surface area (TPSA) is 60.7 Å². The van der Waals surface area contributed by atoms with Crippen LogP contribution in [0.25, 0.3) is 16.8 Å². The fraction of sp³-hybridized carbons (Fsp3) is 0.125. The third kappa shape index (κ3) is 4.39. The van der Waals surface area contributed by atoms with Crippen LogP contribution in [0.5, 0.6) is 0 Å². The summed E-state index contributed by atoms with van der Waals surface area (Å²) in [6.07, 6.45) is -2.78. The summed E-state index contributed by atoms with van der Waals surface area (Å²) in [6, 6.07) is 15.8. The minimum atomic E-state index is -4.44. The summed E-state index contributed by atoms with van der Waals surface area (Å²) in [4.78, 5) is 29.4. The molecule has 0 radical (unpaired) electrons. The fourth-order valence-electron chi connectivity index (χ4n) is 3.30. The van der Waals surface area contributed by atoms with Crippen LogP contribution in [0.4, 0.5) is 13.2 Å². The van der Waals surface area contributed by atoms with Gasteiger partial charge in [0.1, 0.15) is 12.3 Å². The maximum atomic E-state index is 12.8. The first-order valence-electron chi connectivity index (χ1n) is 9.65. The van der Waals surface area contributed by atoms with Gasteiger partial charge in [0, 0.05) is 12.3 Å². The summed E-state index contributed by atoms with van der Waals surface area (Å²) in [5.74, 6) is -0.675. The SMILES string of the molecule is Cc1ccc2nc(COC(=O)c3ccccc3-c3ccc(C(F)(F)F)cc3)cc(=O)n2c1. The van der Waals surface area contributed by atoms with Gasteiger partial charge in [-0.3, -0.25) is 9.20 Å². The van der Waals surface area contributed by atoms with E-state index in [-0.39, 0.29) is 17.7 Å². The molecule has 0 saturated carbocycles. The summed E-state index contributed by atoms with van der Waals surface area (Å²) in [5, 5.41) is 0. The first-order valence-corrected chi connectivity index (χ1v) is 9.65. The van der Waals surface area contributed by atoms with Gasteiger partial charge in [0.15, 0.2) is 0 Å². The van der Waals surface area contributed by atoms with Crippen molar-refractivity contribution in [2.45, 2.75) is 19.7 Å². The van der Waals surface area contributed by atoms with Gasteiger partial charge in [0.25, 0.3) is 5.56 Å². The first kappa shape index (κ1) is 21.3. The molecule has 2 aromatic heterocycles. The molecule has 0 aliphatic heterocycles. The van der Waals surface area contributed by atoms with Crippen molar-refractivity contribution in [2.75, 3.05) is 0 Å². The van der Waals surface area contributed by atoms with E-state index in [4.69, 9.17) is 4.74 Å². The Morgan fingerprint density at radius 1 is 1.03 bits per heavy atom. The molecule has 8 heteroatoms. The number of benzene rings is 2. The van der Waals surface area contributed by atoms with Gasteiger partial charge in [0.05, 0.1) is 16.8 Å². The predicted octanol–water partition coefficient (Wildman–Crippen LogP) is 5.05. The van der Waals surface area contributed by atoms with E-state index in [1.54, 1.807) is 30.5 Å². The van der Waals surface area contributed by atoms with Crippen LogP contribution in [0.3, 0.4) is 0 Å². The quantitative estimate of drug-likeness (QED) is 0.419. The van der Waals surface area contributed by atoms with Gasteiger partial charge in [-0.1, -0.05) is 36.4 Å². The lowest BCUT2D eigenvalue weighted by molar-refractivity contribution is -0.137. The number of pyridine rings is 1. The largest absolute Gasteiger partial charge is 0.456 e. The molecule has 0 saturated heterocycles. The Bertz CT molecular complexity index is 1360. The van der Waals surface area contributed by atoms with Crippen LogP contribution in [0.15, 0.2) is 77.7 Å². The van der Waals surface area contributed by atoms with E-state index in [9.17, 15) is 22.8 Å². The van der Waals surface area contributed by atoms with Crippen molar-refractivity contribution < 1.29 is 22.7 Å². The number of rotatable bonds is 4. The minimum absolute atomic E-state index is 0.195. The molecule has 0 bridgehead atoms. The van der Waals surface area contributed by atoms with E-state index in [1.165, 1.54) is 28.7 Å². The lowest BCUT2D eigenvalue weighted by Gasteiger charge is -2.11. The van der Waals surface area contributed by atoms with Gasteiger partial charge in [0.2, 0.25) is 0 Å². The number of fused-ring (bicyclic) bond motifs is 1. The highest BCUT2D eigenvalue weighted by molar-refractivity contribution is 5.97. The summed E-state index contributed by atoms with van der Waals surface area (Å²) in [7, 11) is 0. The van der Waals surface area contributed by atoms with E-state index < -0.39 is 17.7 Å². The van der Waals surface area contributed by atoms with Gasteiger partial charge in [-0.05, 0) is 47.9 Å². The monoisotopic (exact) mass is 438 g/mol. The third-order valence-electron chi connectivity index (χ3n) is 4.88. The average Bonchev–Trinajstić information content (AvgIpc) is 2.77. The van der Waals surface area contributed by atoms with E-state index in [0.717, 1.165) is 17.7 Å². The molecule has 2 heterocycles. The molecular weight excluding hydrogens is 421 g/mol. The van der Waals surface area contributed by atoms with Gasteiger partial charge >= 0.3 is 12.1 Å². The molecule has 32 heavy (non-hydrogen) atoms. The molecule has 5 nitrogen and oxygen atoms in total. The smallest absolute Gasteiger partial charge is 0.416 e. The molecular formula is C24H17F3N2O3. The molecule has 0 aliphatic rings. The van der Waals surface area contributed by atoms with E-state index in [1.807, 2.05) is 13.0 Å². The standard InChI is InChI=1S/C24H17F3N2O3/c1-15-6-11-21-28-18(12-22(30)29(21)13-15)14-32-23(31)20-5-3-2-4-19(20)16-7-9-17(10-8-16)24(25,26)27/h2-13H,14H2,1H3. The molecule has 4 aromatic rings. The van der Waals surface area contributed by atoms with Crippen molar-refractivity contribution in [3.63, 3.8) is 0 Å². The molecule has 0 fully saturated rings. The molecule has 0 spiro atoms. The minimum Gasteiger partial charge on any atom is -0.456 e. The van der Waals surface area contributed by atoms with E-state index in [0.29, 0.717) is 22.5 Å². The van der Waals surface area contributed by atoms with Crippen LogP contribution in [0.2, 0.25) is 0 Å². The number of aryl methyl sites for hydroxylation is 1. The van der Waals surface area contributed by atoms with Gasteiger partial charge in [-0.25, -0.2) is 9.78 Å². The summed E-state index contributed by atoms with van der Waals surface area (Å²) < 4.78 is 45.3. The number of esters is 1. The average molecular weight is 438 g/mol. The van der Waals surface area contributed by atoms with E-state index >= 15 is 0 Å². The fourth-order valence-corrected chi connectivity index (χ4v) is 3.30. The van der Waals surface area contributed by atoms with Crippen molar-refractivity contribution >= 4 is 11.6 Å². The number of alkyl halides is 3. The molecule has 0 N–H and O–H groups in total. The Morgan fingerprint density at radius 3 is 2.47 bits per heavy atom. The highest BCUT2D eigenvalue weighted by Crippen LogP contribution is 2.32. The lowest BCUT2D eigenvalue weighted by atomic mass is 9.98. The Labute approximate surface area is 180 Å². The molecule has 4 rings (SSSR count). The van der Waals surface area contributed by atoms with Crippen LogP contribution in [0, 0.1) is 6.92 Å². The summed E-state index contributed by atoms with van der Waals surface area (Å²) in [6.45, 7) is 1.63. The second-order valence-corrected chi connectivity index (χ2v) is 7.22. The van der Waals surface area contributed by atoms with Crippen LogP contribution < -0.4 is 5.56 Å². The summed E-state index contributed by atoms with van der Waals surface area (Å²) in [5.41, 5.74) is 1.63. The zero-order chi connectivity index (χ0) is 22.9. The normalized spacial score (nSPS) is 11.5. The van der Waals surface area contributed by atoms with Gasteiger partial charge < -0.3 is 4.74 Å². The number of carbonyl (C=O) groups is 1. The number of carbonyl (C=O) groups excluding carboxylic acids is 1. The zero-order valence-electron chi connectivity index (χ0n) is 16.9. The molecule has 0 unspecified atom stereocenters. The number of nitrogens with zero attached hydrogens (tertiary/aromatic N) is 2. The van der Waals surface area contributed by atoms with Crippen LogP contribution in [0.1, 0.15) is 27.2 Å². The van der Waals surface area contributed by atoms with E-state index in [2.05, 4.69) is 4.98 Å². The van der Waals surface area contributed by atoms with Crippen molar-refractivity contribution in [2.24, 2.45) is 0 Å². The number of aromatic nitrogens is 2. The molecule has 0 aliphatic carbocycles. The number of hydrogen-bond acceptors (Lipinski definition) is 4. The first-order chi connectivity index (χ1) is 15.2. The highest BCUT2D eigenvalue weighted by atomic mass is 19.4. The van der Waals surface area contributed by atoms with Gasteiger partial charge in [-0.15, -0.1) is 0 Å². The lowest BCUT2D eigenvalue weighted by Crippen LogP contribution is -2.17. The van der Waals surface area contributed by atoms with Crippen LogP contribution in [-0.2, 0) is 17.5 Å². The number of hydrogen-bond donors (Lipinski definition) is 0. The second-order valence-electron chi connectivity index (χ2n) is 7.22. The zero-order valence-corrected chi connectivity index (χ0v) is 16.9. The van der Waals surface area contributed by atoms with Crippen LogP contribution >= 0.6 is 0 Å². The molecule has 162 valence electrons. The predicted molar refractivity (Wildman–Crippen MR) is 112 cm³/mol. The Balaban J connectivity index is 1.57. The van der Waals surface area contributed by atoms with Crippen LogP contribution in [-0.4, -0.2) is 15.4 Å². The van der Waals surface area contributed by atoms with Crippen molar-refractivity contribution in [1.82, 2.24) is 9.38 Å². The summed E-state index contributed by atoms with van der Waals surface area (Å²) >= 11 is 0. The molecule has 0 amide bonds. The second kappa shape index (κ2) is 8.30. The van der Waals surface area contributed by atoms with Crippen molar-refractivity contribution in [1.29, 1.82) is 0 Å². The maximum absolute atomic E-state index is 12.8. The van der Waals surface area contributed by atoms with Gasteiger partial charge in [-0.2, -0.15) is 13.2 Å². The Kier molecular flexibility index (Phi) is 5.52. The Morgan fingerprint density at radius 2 is 1.75 bits per heavy atom. The Hall–Kier alpha value is -3.94. The maximum Gasteiger partial charge on any atom is 0.416 e. The molecule has 0 atom stereocenters.